The quantitative estimate of drug-likeness (QED) is 0.633. The van der Waals surface area contributed by atoms with Crippen LogP contribution in [0.2, 0.25) is 0 Å². The van der Waals surface area contributed by atoms with Gasteiger partial charge in [0, 0.05) is 25.7 Å². The van der Waals surface area contributed by atoms with E-state index in [0.29, 0.717) is 12.1 Å². The van der Waals surface area contributed by atoms with Crippen molar-refractivity contribution in [1.82, 2.24) is 10.2 Å². The number of nitrogens with zero attached hydrogens (tertiary/aromatic N) is 2. The Morgan fingerprint density at radius 2 is 1.75 bits per heavy atom. The molecule has 5 nitrogen and oxygen atoms in total. The number of carbonyl (C=O) groups excluding carboxylic acids is 1. The van der Waals surface area contributed by atoms with Crippen LogP contribution in [-0.4, -0.2) is 30.4 Å². The second-order valence-electron chi connectivity index (χ2n) is 5.57. The normalized spacial score (nSPS) is 11.2. The summed E-state index contributed by atoms with van der Waals surface area (Å²) >= 11 is 0. The fourth-order valence-electron chi connectivity index (χ4n) is 2.34. The molecule has 126 valence electrons. The summed E-state index contributed by atoms with van der Waals surface area (Å²) in [5.41, 5.74) is 8.03. The zero-order chi connectivity index (χ0) is 17.4. The molecule has 5 heteroatoms. The zero-order valence-corrected chi connectivity index (χ0v) is 14.2. The summed E-state index contributed by atoms with van der Waals surface area (Å²) in [5, 5.41) is 3.30. The van der Waals surface area contributed by atoms with Crippen molar-refractivity contribution >= 4 is 11.9 Å². The zero-order valence-electron chi connectivity index (χ0n) is 14.2. The minimum absolute atomic E-state index is 0.416. The Kier molecular flexibility index (Phi) is 6.37. The highest BCUT2D eigenvalue weighted by Gasteiger charge is 2.06. The summed E-state index contributed by atoms with van der Waals surface area (Å²) in [6, 6.07) is 17.5. The molecule has 0 atom stereocenters. The maximum Gasteiger partial charge on any atom is 0.248 e. The van der Waals surface area contributed by atoms with Crippen molar-refractivity contribution in [1.29, 1.82) is 0 Å². The summed E-state index contributed by atoms with van der Waals surface area (Å²) < 4.78 is 0. The van der Waals surface area contributed by atoms with Gasteiger partial charge in [-0.3, -0.25) is 4.79 Å². The van der Waals surface area contributed by atoms with Gasteiger partial charge in [0.25, 0.3) is 0 Å². The lowest BCUT2D eigenvalue weighted by atomic mass is 10.1. The number of carbonyl (C=O) groups is 1. The number of hydrogen-bond acceptors (Lipinski definition) is 2. The van der Waals surface area contributed by atoms with Crippen LogP contribution >= 0.6 is 0 Å². The molecule has 0 radical (unpaired) electrons. The third kappa shape index (κ3) is 5.12. The fourth-order valence-corrected chi connectivity index (χ4v) is 2.34. The third-order valence-corrected chi connectivity index (χ3v) is 3.61. The van der Waals surface area contributed by atoms with E-state index in [2.05, 4.69) is 27.3 Å². The van der Waals surface area contributed by atoms with Gasteiger partial charge >= 0.3 is 0 Å². The first-order chi connectivity index (χ1) is 11.6. The maximum atomic E-state index is 11.1. The number of aliphatic imine (C=N–C) groups is 1. The summed E-state index contributed by atoms with van der Waals surface area (Å²) in [6.07, 6.45) is 0. The minimum atomic E-state index is -0.416. The van der Waals surface area contributed by atoms with E-state index in [1.165, 1.54) is 5.56 Å². The van der Waals surface area contributed by atoms with Gasteiger partial charge in [0.1, 0.15) is 0 Å². The van der Waals surface area contributed by atoms with Crippen LogP contribution in [0.3, 0.4) is 0 Å². The molecule has 0 heterocycles. The number of primary amides is 1. The molecule has 2 rings (SSSR count). The number of guanidine groups is 1. The van der Waals surface area contributed by atoms with Crippen LogP contribution in [0.1, 0.15) is 28.4 Å². The maximum absolute atomic E-state index is 11.1. The molecule has 0 saturated carbocycles. The van der Waals surface area contributed by atoms with Crippen molar-refractivity contribution in [3.8, 4) is 0 Å². The highest BCUT2D eigenvalue weighted by Crippen LogP contribution is 2.07. The summed E-state index contributed by atoms with van der Waals surface area (Å²) in [7, 11) is 2.02. The number of rotatable bonds is 6. The Hall–Kier alpha value is -2.82. The lowest BCUT2D eigenvalue weighted by Gasteiger charge is -2.22. The molecule has 0 aliphatic rings. The second kappa shape index (κ2) is 8.72. The lowest BCUT2D eigenvalue weighted by molar-refractivity contribution is 0.100. The number of hydrogen-bond donors (Lipinski definition) is 2. The van der Waals surface area contributed by atoms with Crippen molar-refractivity contribution < 1.29 is 4.79 Å². The molecule has 0 aliphatic carbocycles. The predicted octanol–water partition coefficient (Wildman–Crippen LogP) is 2.38. The monoisotopic (exact) mass is 324 g/mol. The number of nitrogens with one attached hydrogen (secondary N) is 1. The number of nitrogens with two attached hydrogens (primary N) is 1. The van der Waals surface area contributed by atoms with Gasteiger partial charge in [-0.05, 0) is 30.2 Å². The van der Waals surface area contributed by atoms with Gasteiger partial charge in [0.15, 0.2) is 5.96 Å². The topological polar surface area (TPSA) is 70.7 Å². The number of benzene rings is 2. The molecule has 1 amide bonds. The molecule has 0 unspecified atom stereocenters. The van der Waals surface area contributed by atoms with E-state index in [0.717, 1.165) is 24.6 Å². The molecule has 0 aromatic heterocycles. The van der Waals surface area contributed by atoms with Gasteiger partial charge in [0.05, 0.1) is 6.54 Å². The first kappa shape index (κ1) is 17.5. The first-order valence-electron chi connectivity index (χ1n) is 8.02. The van der Waals surface area contributed by atoms with Crippen LogP contribution < -0.4 is 11.1 Å². The summed E-state index contributed by atoms with van der Waals surface area (Å²) in [6.45, 7) is 4.18. The second-order valence-corrected chi connectivity index (χ2v) is 5.57. The molecular formula is C19H24N4O. The lowest BCUT2D eigenvalue weighted by Crippen LogP contribution is -2.38. The minimum Gasteiger partial charge on any atom is -0.366 e. The van der Waals surface area contributed by atoms with Crippen LogP contribution in [0.15, 0.2) is 59.6 Å². The van der Waals surface area contributed by atoms with Crippen LogP contribution in [0.4, 0.5) is 0 Å². The highest BCUT2D eigenvalue weighted by molar-refractivity contribution is 5.92. The summed E-state index contributed by atoms with van der Waals surface area (Å²) in [4.78, 5) is 17.9. The molecule has 2 aromatic rings. The molecule has 24 heavy (non-hydrogen) atoms. The Bertz CT molecular complexity index is 680. The Balaban J connectivity index is 2.05. The van der Waals surface area contributed by atoms with Gasteiger partial charge in [0.2, 0.25) is 5.91 Å². The standard InChI is InChI=1S/C19H24N4O/c1-3-21-19(23(2)14-16-7-5-4-6-8-16)22-13-15-9-11-17(12-10-15)18(20)24/h4-12H,3,13-14H2,1-2H3,(H2,20,24)(H,21,22). The molecule has 0 fully saturated rings. The van der Waals surface area contributed by atoms with Crippen molar-refractivity contribution in [3.63, 3.8) is 0 Å². The smallest absolute Gasteiger partial charge is 0.248 e. The van der Waals surface area contributed by atoms with E-state index in [-0.39, 0.29) is 0 Å². The highest BCUT2D eigenvalue weighted by atomic mass is 16.1. The average Bonchev–Trinajstić information content (AvgIpc) is 2.59. The van der Waals surface area contributed by atoms with Crippen LogP contribution in [0, 0.1) is 0 Å². The fraction of sp³-hybridized carbons (Fsp3) is 0.263. The first-order valence-corrected chi connectivity index (χ1v) is 8.02. The molecule has 0 aliphatic heterocycles. The molecule has 0 bridgehead atoms. The average molecular weight is 324 g/mol. The van der Waals surface area contributed by atoms with E-state index in [1.807, 2.05) is 44.3 Å². The Labute approximate surface area is 143 Å². The van der Waals surface area contributed by atoms with Gasteiger partial charge in [-0.1, -0.05) is 42.5 Å². The van der Waals surface area contributed by atoms with E-state index < -0.39 is 5.91 Å². The largest absolute Gasteiger partial charge is 0.366 e. The Morgan fingerprint density at radius 3 is 2.33 bits per heavy atom. The third-order valence-electron chi connectivity index (χ3n) is 3.61. The molecule has 2 aromatic carbocycles. The molecule has 0 spiro atoms. The Morgan fingerprint density at radius 1 is 1.08 bits per heavy atom. The van der Waals surface area contributed by atoms with E-state index in [4.69, 9.17) is 5.73 Å². The van der Waals surface area contributed by atoms with Crippen LogP contribution in [0.5, 0.6) is 0 Å². The van der Waals surface area contributed by atoms with E-state index in [1.54, 1.807) is 12.1 Å². The summed E-state index contributed by atoms with van der Waals surface area (Å²) in [5.74, 6) is 0.432. The van der Waals surface area contributed by atoms with E-state index >= 15 is 0 Å². The van der Waals surface area contributed by atoms with Crippen molar-refractivity contribution in [3.05, 3.63) is 71.3 Å². The number of amides is 1. The van der Waals surface area contributed by atoms with Gasteiger partial charge in [-0.15, -0.1) is 0 Å². The van der Waals surface area contributed by atoms with Crippen LogP contribution in [-0.2, 0) is 13.1 Å². The molecule has 3 N–H and O–H groups in total. The van der Waals surface area contributed by atoms with Crippen LogP contribution in [0.25, 0.3) is 0 Å². The van der Waals surface area contributed by atoms with Gasteiger partial charge in [-0.25, -0.2) is 4.99 Å². The van der Waals surface area contributed by atoms with Crippen molar-refractivity contribution in [2.24, 2.45) is 10.7 Å². The predicted molar refractivity (Wildman–Crippen MR) is 97.7 cm³/mol. The van der Waals surface area contributed by atoms with Crippen molar-refractivity contribution in [2.75, 3.05) is 13.6 Å². The van der Waals surface area contributed by atoms with Gasteiger partial charge in [-0.2, -0.15) is 0 Å². The van der Waals surface area contributed by atoms with Crippen molar-refractivity contribution in [2.45, 2.75) is 20.0 Å². The van der Waals surface area contributed by atoms with Gasteiger partial charge < -0.3 is 16.0 Å². The molecular weight excluding hydrogens is 300 g/mol. The molecule has 0 saturated heterocycles. The van der Waals surface area contributed by atoms with E-state index in [9.17, 15) is 4.79 Å². The SMILES string of the molecule is CCNC(=NCc1ccc(C(N)=O)cc1)N(C)Cc1ccccc1.